The Labute approximate surface area is 210 Å². The smallest absolute Gasteiger partial charge is 0.225 e. The number of nitrogens with one attached hydrogen (secondary N) is 1. The summed E-state index contributed by atoms with van der Waals surface area (Å²) in [6.07, 6.45) is 3.39. The van der Waals surface area contributed by atoms with Crippen molar-refractivity contribution in [3.63, 3.8) is 0 Å². The van der Waals surface area contributed by atoms with E-state index in [2.05, 4.69) is 46.1 Å². The lowest BCUT2D eigenvalue weighted by Crippen LogP contribution is -2.51. The molecule has 0 spiro atoms. The van der Waals surface area contributed by atoms with Gasteiger partial charge in [0.05, 0.1) is 13.2 Å². The second-order valence-electron chi connectivity index (χ2n) is 8.46. The van der Waals surface area contributed by atoms with E-state index >= 15 is 0 Å². The molecule has 3 rings (SSSR count). The van der Waals surface area contributed by atoms with Gasteiger partial charge in [-0.25, -0.2) is 0 Å². The quantitative estimate of drug-likeness (QED) is 0.288. The highest BCUT2D eigenvalue weighted by atomic mass is 127. The van der Waals surface area contributed by atoms with Gasteiger partial charge in [-0.2, -0.15) is 0 Å². The van der Waals surface area contributed by atoms with Crippen molar-refractivity contribution in [2.45, 2.75) is 39.7 Å². The van der Waals surface area contributed by atoms with Crippen molar-refractivity contribution in [1.29, 1.82) is 0 Å². The lowest BCUT2D eigenvalue weighted by molar-refractivity contribution is -0.139. The van der Waals surface area contributed by atoms with Gasteiger partial charge in [0, 0.05) is 58.8 Å². The molecule has 1 aromatic rings. The third kappa shape index (κ3) is 7.79. The molecule has 7 nitrogen and oxygen atoms in total. The van der Waals surface area contributed by atoms with Crippen molar-refractivity contribution < 1.29 is 9.53 Å². The van der Waals surface area contributed by atoms with Gasteiger partial charge in [0.25, 0.3) is 0 Å². The third-order valence-corrected chi connectivity index (χ3v) is 6.17. The second kappa shape index (κ2) is 13.9. The highest BCUT2D eigenvalue weighted by Crippen LogP contribution is 2.28. The Bertz CT molecular complexity index is 716. The van der Waals surface area contributed by atoms with E-state index in [-0.39, 0.29) is 24.0 Å². The van der Waals surface area contributed by atoms with Crippen LogP contribution in [0.3, 0.4) is 0 Å². The van der Waals surface area contributed by atoms with Crippen LogP contribution in [0.2, 0.25) is 0 Å². The fourth-order valence-electron chi connectivity index (χ4n) is 4.08. The number of carbonyl (C=O) groups excluding carboxylic acids is 1. The van der Waals surface area contributed by atoms with Gasteiger partial charge in [0.1, 0.15) is 5.75 Å². The van der Waals surface area contributed by atoms with Crippen LogP contribution in [0.25, 0.3) is 0 Å². The number of ether oxygens (including phenoxy) is 1. The predicted octanol–water partition coefficient (Wildman–Crippen LogP) is 3.04. The molecule has 1 N–H and O–H groups in total. The lowest BCUT2D eigenvalue weighted by Gasteiger charge is -2.38. The van der Waals surface area contributed by atoms with Crippen LogP contribution in [0.1, 0.15) is 38.7 Å². The molecule has 1 aliphatic carbocycles. The monoisotopic (exact) mass is 557 g/mol. The molecule has 1 amide bonds. The first-order valence-electron chi connectivity index (χ1n) is 11.8. The number of aliphatic imine (C=N–C) groups is 1. The first-order chi connectivity index (χ1) is 15.1. The van der Waals surface area contributed by atoms with E-state index in [1.54, 1.807) is 0 Å². The van der Waals surface area contributed by atoms with Gasteiger partial charge in [-0.15, -0.1) is 24.0 Å². The lowest BCUT2D eigenvalue weighted by atomic mass is 9.84. The molecule has 0 radical (unpaired) electrons. The molecule has 1 saturated carbocycles. The van der Waals surface area contributed by atoms with E-state index in [9.17, 15) is 4.79 Å². The Morgan fingerprint density at radius 3 is 2.41 bits per heavy atom. The van der Waals surface area contributed by atoms with E-state index < -0.39 is 0 Å². The van der Waals surface area contributed by atoms with Crippen LogP contribution < -0.4 is 10.1 Å². The van der Waals surface area contributed by atoms with Crippen molar-refractivity contribution in [2.75, 3.05) is 59.5 Å². The Hall–Kier alpha value is -1.55. The molecule has 0 unspecified atom stereocenters. The molecule has 1 heterocycles. The van der Waals surface area contributed by atoms with Crippen LogP contribution >= 0.6 is 24.0 Å². The SMILES string of the molecule is CCNC(=NCCN1CCN(C(=O)C2CCC2)CC1)N(C)Cc1ccc(OCC)cc1.I. The number of halogens is 1. The molecular weight excluding hydrogens is 517 g/mol. The molecule has 180 valence electrons. The number of guanidine groups is 1. The van der Waals surface area contributed by atoms with E-state index in [1.807, 2.05) is 19.1 Å². The molecule has 0 aromatic heterocycles. The van der Waals surface area contributed by atoms with Crippen LogP contribution in [0.15, 0.2) is 29.3 Å². The van der Waals surface area contributed by atoms with E-state index in [0.717, 1.165) is 76.9 Å². The normalized spacial score (nSPS) is 17.3. The van der Waals surface area contributed by atoms with Gasteiger partial charge < -0.3 is 19.9 Å². The minimum Gasteiger partial charge on any atom is -0.494 e. The Balaban J connectivity index is 0.00000363. The van der Waals surface area contributed by atoms with Crippen LogP contribution in [0.4, 0.5) is 0 Å². The fourth-order valence-corrected chi connectivity index (χ4v) is 4.08. The molecule has 1 saturated heterocycles. The molecule has 8 heteroatoms. The molecule has 2 aliphatic rings. The van der Waals surface area contributed by atoms with Crippen molar-refractivity contribution >= 4 is 35.8 Å². The number of rotatable bonds is 9. The van der Waals surface area contributed by atoms with Gasteiger partial charge in [0.2, 0.25) is 5.91 Å². The minimum absolute atomic E-state index is 0. The van der Waals surface area contributed by atoms with Gasteiger partial charge >= 0.3 is 0 Å². The minimum atomic E-state index is 0. The van der Waals surface area contributed by atoms with Crippen molar-refractivity contribution in [3.8, 4) is 5.75 Å². The average Bonchev–Trinajstić information content (AvgIpc) is 2.74. The highest BCUT2D eigenvalue weighted by Gasteiger charge is 2.30. The van der Waals surface area contributed by atoms with Crippen LogP contribution in [0.5, 0.6) is 5.75 Å². The summed E-state index contributed by atoms with van der Waals surface area (Å²) in [5.41, 5.74) is 1.23. The maximum atomic E-state index is 12.4. The molecule has 0 atom stereocenters. The maximum Gasteiger partial charge on any atom is 0.225 e. The zero-order valence-electron chi connectivity index (χ0n) is 19.9. The molecule has 1 aliphatic heterocycles. The summed E-state index contributed by atoms with van der Waals surface area (Å²) in [4.78, 5) is 23.9. The summed E-state index contributed by atoms with van der Waals surface area (Å²) in [6, 6.07) is 8.25. The highest BCUT2D eigenvalue weighted by molar-refractivity contribution is 14.0. The molecular formula is C24H40IN5O2. The zero-order chi connectivity index (χ0) is 22.1. The number of amides is 1. The average molecular weight is 558 g/mol. The van der Waals surface area contributed by atoms with Crippen molar-refractivity contribution in [1.82, 2.24) is 20.0 Å². The molecule has 0 bridgehead atoms. The summed E-state index contributed by atoms with van der Waals surface area (Å²) < 4.78 is 5.53. The van der Waals surface area contributed by atoms with Crippen molar-refractivity contribution in [2.24, 2.45) is 10.9 Å². The summed E-state index contributed by atoms with van der Waals surface area (Å²) in [6.45, 7) is 11.7. The molecule has 1 aromatic carbocycles. The van der Waals surface area contributed by atoms with E-state index in [1.165, 1.54) is 12.0 Å². The Kier molecular flexibility index (Phi) is 11.6. The fraction of sp³-hybridized carbons (Fsp3) is 0.667. The van der Waals surface area contributed by atoms with Crippen LogP contribution in [-0.2, 0) is 11.3 Å². The summed E-state index contributed by atoms with van der Waals surface area (Å²) >= 11 is 0. The topological polar surface area (TPSA) is 60.4 Å². The second-order valence-corrected chi connectivity index (χ2v) is 8.46. The number of hydrogen-bond donors (Lipinski definition) is 1. The van der Waals surface area contributed by atoms with Crippen LogP contribution in [0, 0.1) is 5.92 Å². The molecule has 2 fully saturated rings. The molecule has 32 heavy (non-hydrogen) atoms. The Morgan fingerprint density at radius 2 is 1.84 bits per heavy atom. The van der Waals surface area contributed by atoms with E-state index in [0.29, 0.717) is 18.4 Å². The van der Waals surface area contributed by atoms with Crippen LogP contribution in [-0.4, -0.2) is 86.0 Å². The zero-order valence-corrected chi connectivity index (χ0v) is 22.2. The number of carbonyl (C=O) groups is 1. The summed E-state index contributed by atoms with van der Waals surface area (Å²) in [5.74, 6) is 2.53. The van der Waals surface area contributed by atoms with Gasteiger partial charge in [-0.1, -0.05) is 18.6 Å². The van der Waals surface area contributed by atoms with Gasteiger partial charge in [0.15, 0.2) is 5.96 Å². The number of hydrogen-bond acceptors (Lipinski definition) is 4. The summed E-state index contributed by atoms with van der Waals surface area (Å²) in [5, 5.41) is 3.40. The van der Waals surface area contributed by atoms with Crippen molar-refractivity contribution in [3.05, 3.63) is 29.8 Å². The maximum absolute atomic E-state index is 12.4. The summed E-state index contributed by atoms with van der Waals surface area (Å²) in [7, 11) is 2.07. The first kappa shape index (κ1) is 26.7. The standard InChI is InChI=1S/C24H39N5O2.HI/c1-4-25-24(27(3)19-20-9-11-22(12-10-20)31-5-2)26-13-14-28-15-17-29(18-16-28)23(30)21-7-6-8-21;/h9-12,21H,4-8,13-19H2,1-3H3,(H,25,26);1H. The van der Waals surface area contributed by atoms with Gasteiger partial charge in [-0.3, -0.25) is 14.7 Å². The number of benzene rings is 1. The predicted molar refractivity (Wildman–Crippen MR) is 141 cm³/mol. The number of piperazine rings is 1. The Morgan fingerprint density at radius 1 is 1.16 bits per heavy atom. The van der Waals surface area contributed by atoms with E-state index in [4.69, 9.17) is 9.73 Å². The number of nitrogens with zero attached hydrogens (tertiary/aromatic N) is 4. The largest absolute Gasteiger partial charge is 0.494 e. The third-order valence-electron chi connectivity index (χ3n) is 6.17. The first-order valence-corrected chi connectivity index (χ1v) is 11.8. The van der Waals surface area contributed by atoms with Gasteiger partial charge in [-0.05, 0) is 44.4 Å².